The van der Waals surface area contributed by atoms with Crippen LogP contribution in [0.15, 0.2) is 24.3 Å². The topological polar surface area (TPSA) is 72.6 Å². The summed E-state index contributed by atoms with van der Waals surface area (Å²) >= 11 is 0. The average Bonchev–Trinajstić information content (AvgIpc) is 2.73. The first kappa shape index (κ1) is 13.4. The molecule has 102 valence electrons. The summed E-state index contributed by atoms with van der Waals surface area (Å²) in [5.41, 5.74) is 7.26. The molecule has 0 spiro atoms. The molecule has 1 aromatic rings. The molecule has 5 nitrogen and oxygen atoms in total. The van der Waals surface area contributed by atoms with Crippen LogP contribution >= 0.6 is 0 Å². The zero-order chi connectivity index (χ0) is 13.8. The fraction of sp³-hybridized carbons (Fsp3) is 0.429. The number of nitrogen functional groups attached to an aromatic ring is 1. The predicted molar refractivity (Wildman–Crippen MR) is 71.4 cm³/mol. The second-order valence-electron chi connectivity index (χ2n) is 4.57. The van der Waals surface area contributed by atoms with E-state index >= 15 is 0 Å². The Labute approximate surface area is 112 Å². The van der Waals surface area contributed by atoms with E-state index in [0.717, 1.165) is 12.0 Å². The molecule has 1 saturated heterocycles. The molecule has 5 heteroatoms. The maximum atomic E-state index is 12.2. The molecule has 1 heterocycles. The molecule has 1 amide bonds. The number of hydrogen-bond donors (Lipinski definition) is 1. The number of anilines is 1. The third kappa shape index (κ3) is 3.05. The minimum Gasteiger partial charge on any atom is -0.465 e. The first-order valence-corrected chi connectivity index (χ1v) is 6.41. The van der Waals surface area contributed by atoms with Gasteiger partial charge in [-0.15, -0.1) is 0 Å². The number of hydrogen-bond acceptors (Lipinski definition) is 4. The largest absolute Gasteiger partial charge is 0.465 e. The highest BCUT2D eigenvalue weighted by molar-refractivity contribution is 5.89. The van der Waals surface area contributed by atoms with Crippen LogP contribution in [0.2, 0.25) is 0 Å². The Morgan fingerprint density at radius 2 is 2.11 bits per heavy atom. The molecule has 0 saturated carbocycles. The summed E-state index contributed by atoms with van der Waals surface area (Å²) < 4.78 is 4.86. The minimum atomic E-state index is -0.353. The van der Waals surface area contributed by atoms with Crippen molar-refractivity contribution < 1.29 is 14.3 Å². The van der Waals surface area contributed by atoms with E-state index in [1.165, 1.54) is 0 Å². The second kappa shape index (κ2) is 5.73. The molecule has 1 aliphatic rings. The third-order valence-corrected chi connectivity index (χ3v) is 3.26. The summed E-state index contributed by atoms with van der Waals surface area (Å²) in [6, 6.07) is 7.31. The van der Waals surface area contributed by atoms with Crippen LogP contribution in [0, 0.1) is 0 Å². The normalized spacial score (nSPS) is 18.7. The van der Waals surface area contributed by atoms with Crippen molar-refractivity contribution in [2.45, 2.75) is 19.3 Å². The van der Waals surface area contributed by atoms with Gasteiger partial charge in [-0.1, -0.05) is 12.1 Å². The van der Waals surface area contributed by atoms with Gasteiger partial charge in [0.2, 0.25) is 5.91 Å². The zero-order valence-electron chi connectivity index (χ0n) is 11.0. The van der Waals surface area contributed by atoms with Gasteiger partial charge in [-0.3, -0.25) is 9.59 Å². The van der Waals surface area contributed by atoms with Gasteiger partial charge in [-0.25, -0.2) is 0 Å². The fourth-order valence-electron chi connectivity index (χ4n) is 2.30. The van der Waals surface area contributed by atoms with Crippen LogP contribution in [0.3, 0.4) is 0 Å². The van der Waals surface area contributed by atoms with Crippen LogP contribution < -0.4 is 5.73 Å². The maximum Gasteiger partial charge on any atom is 0.325 e. The van der Waals surface area contributed by atoms with Crippen molar-refractivity contribution in [1.82, 2.24) is 4.90 Å². The summed E-state index contributed by atoms with van der Waals surface area (Å²) in [4.78, 5) is 25.2. The molecular weight excluding hydrogens is 244 g/mol. The number of rotatable bonds is 4. The molecule has 1 atom stereocenters. The van der Waals surface area contributed by atoms with Gasteiger partial charge in [-0.2, -0.15) is 0 Å². The number of nitrogens with zero attached hydrogens (tertiary/aromatic N) is 1. The number of benzene rings is 1. The highest BCUT2D eigenvalue weighted by atomic mass is 16.5. The van der Waals surface area contributed by atoms with Crippen LogP contribution in [0.5, 0.6) is 0 Å². The summed E-state index contributed by atoms with van der Waals surface area (Å²) in [6.45, 7) is 2.72. The smallest absolute Gasteiger partial charge is 0.325 e. The lowest BCUT2D eigenvalue weighted by atomic mass is 9.98. The number of likely N-dealkylation sites (tertiary alicyclic amines) is 1. The average molecular weight is 262 g/mol. The molecule has 2 rings (SSSR count). The van der Waals surface area contributed by atoms with E-state index < -0.39 is 0 Å². The molecule has 19 heavy (non-hydrogen) atoms. The molecular formula is C14H18N2O3. The Kier molecular flexibility index (Phi) is 4.04. The van der Waals surface area contributed by atoms with Crippen molar-refractivity contribution in [3.05, 3.63) is 29.8 Å². The predicted octanol–water partition coefficient (Wildman–Crippen LogP) is 1.15. The fourth-order valence-corrected chi connectivity index (χ4v) is 2.30. The molecule has 1 aromatic carbocycles. The van der Waals surface area contributed by atoms with Crippen molar-refractivity contribution in [3.8, 4) is 0 Å². The zero-order valence-corrected chi connectivity index (χ0v) is 11.0. The summed E-state index contributed by atoms with van der Waals surface area (Å²) in [6.07, 6.45) is 0.724. The molecule has 1 fully saturated rings. The van der Waals surface area contributed by atoms with E-state index in [0.29, 0.717) is 18.8 Å². The maximum absolute atomic E-state index is 12.2. The Morgan fingerprint density at radius 1 is 1.42 bits per heavy atom. The van der Waals surface area contributed by atoms with E-state index in [9.17, 15) is 9.59 Å². The minimum absolute atomic E-state index is 0.0159. The van der Waals surface area contributed by atoms with Crippen LogP contribution in [-0.2, 0) is 14.3 Å². The number of carbonyl (C=O) groups excluding carboxylic acids is 2. The number of amides is 1. The molecule has 0 bridgehead atoms. The van der Waals surface area contributed by atoms with Crippen LogP contribution in [-0.4, -0.2) is 36.5 Å². The molecule has 1 unspecified atom stereocenters. The Hall–Kier alpha value is -2.04. The lowest BCUT2D eigenvalue weighted by molar-refractivity contribution is -0.147. The van der Waals surface area contributed by atoms with Gasteiger partial charge in [0.15, 0.2) is 0 Å². The van der Waals surface area contributed by atoms with Crippen molar-refractivity contribution in [1.29, 1.82) is 0 Å². The van der Waals surface area contributed by atoms with Gasteiger partial charge in [0.1, 0.15) is 6.54 Å². The monoisotopic (exact) mass is 262 g/mol. The number of esters is 1. The standard InChI is InChI=1S/C14H18N2O3/c1-2-19-13(17)9-16-8-7-12(14(16)18)10-3-5-11(15)6-4-10/h3-6,12H,2,7-9,15H2,1H3. The van der Waals surface area contributed by atoms with Crippen molar-refractivity contribution in [3.63, 3.8) is 0 Å². The third-order valence-electron chi connectivity index (χ3n) is 3.26. The van der Waals surface area contributed by atoms with Gasteiger partial charge in [-0.05, 0) is 31.0 Å². The van der Waals surface area contributed by atoms with E-state index in [-0.39, 0.29) is 24.3 Å². The van der Waals surface area contributed by atoms with E-state index in [1.807, 2.05) is 12.1 Å². The van der Waals surface area contributed by atoms with Gasteiger partial charge in [0, 0.05) is 12.2 Å². The molecule has 0 radical (unpaired) electrons. The van der Waals surface area contributed by atoms with Crippen LogP contribution in [0.1, 0.15) is 24.8 Å². The van der Waals surface area contributed by atoms with Crippen molar-refractivity contribution >= 4 is 17.6 Å². The lowest BCUT2D eigenvalue weighted by Crippen LogP contribution is -2.33. The summed E-state index contributed by atoms with van der Waals surface area (Å²) in [5, 5.41) is 0. The Bertz CT molecular complexity index is 470. The number of ether oxygens (including phenoxy) is 1. The Morgan fingerprint density at radius 3 is 2.74 bits per heavy atom. The SMILES string of the molecule is CCOC(=O)CN1CCC(c2ccc(N)cc2)C1=O. The highest BCUT2D eigenvalue weighted by Gasteiger charge is 2.33. The number of nitrogens with two attached hydrogens (primary N) is 1. The first-order chi connectivity index (χ1) is 9.11. The van der Waals surface area contributed by atoms with E-state index in [2.05, 4.69) is 0 Å². The van der Waals surface area contributed by atoms with Crippen molar-refractivity contribution in [2.75, 3.05) is 25.4 Å². The van der Waals surface area contributed by atoms with Gasteiger partial charge in [0.25, 0.3) is 0 Å². The van der Waals surface area contributed by atoms with Crippen LogP contribution in [0.25, 0.3) is 0 Å². The second-order valence-corrected chi connectivity index (χ2v) is 4.57. The lowest BCUT2D eigenvalue weighted by Gasteiger charge is -2.15. The molecule has 1 aliphatic heterocycles. The van der Waals surface area contributed by atoms with Gasteiger partial charge >= 0.3 is 5.97 Å². The summed E-state index contributed by atoms with van der Waals surface area (Å²) in [7, 11) is 0. The summed E-state index contributed by atoms with van der Waals surface area (Å²) in [5.74, 6) is -0.540. The van der Waals surface area contributed by atoms with Crippen molar-refractivity contribution in [2.24, 2.45) is 0 Å². The van der Waals surface area contributed by atoms with E-state index in [1.54, 1.807) is 24.0 Å². The van der Waals surface area contributed by atoms with Crippen LogP contribution in [0.4, 0.5) is 5.69 Å². The molecule has 2 N–H and O–H groups in total. The number of carbonyl (C=O) groups is 2. The quantitative estimate of drug-likeness (QED) is 0.652. The van der Waals surface area contributed by atoms with E-state index in [4.69, 9.17) is 10.5 Å². The molecule has 0 aliphatic carbocycles. The van der Waals surface area contributed by atoms with Gasteiger partial charge in [0.05, 0.1) is 12.5 Å². The Balaban J connectivity index is 2.01. The molecule has 0 aromatic heterocycles. The first-order valence-electron chi connectivity index (χ1n) is 6.41. The van der Waals surface area contributed by atoms with Gasteiger partial charge < -0.3 is 15.4 Å². The highest BCUT2D eigenvalue weighted by Crippen LogP contribution is 2.28.